The minimum Gasteiger partial charge on any atom is -0.497 e. The fourth-order valence-electron chi connectivity index (χ4n) is 4.24. The van der Waals surface area contributed by atoms with E-state index < -0.39 is 38.6 Å². The molecule has 0 bridgehead atoms. The molecule has 36 heavy (non-hydrogen) atoms. The molecule has 6 nitrogen and oxygen atoms in total. The van der Waals surface area contributed by atoms with E-state index in [4.69, 9.17) is 18.6 Å². The Labute approximate surface area is 211 Å². The topological polar surface area (TPSA) is 57.2 Å². The molecule has 0 N–H and O–H groups in total. The van der Waals surface area contributed by atoms with Crippen molar-refractivity contribution in [1.29, 1.82) is 0 Å². The van der Waals surface area contributed by atoms with Gasteiger partial charge in [0.15, 0.2) is 14.5 Å². The van der Waals surface area contributed by atoms with Crippen molar-refractivity contribution in [3.05, 3.63) is 65.7 Å². The molecule has 10 heteroatoms. The molecule has 1 heterocycles. The number of hydrogen-bond acceptors (Lipinski definition) is 5. The zero-order valence-corrected chi connectivity index (χ0v) is 22.5. The van der Waals surface area contributed by atoms with E-state index in [1.165, 1.54) is 7.11 Å². The first-order valence-electron chi connectivity index (χ1n) is 11.8. The van der Waals surface area contributed by atoms with Crippen LogP contribution in [0.3, 0.4) is 0 Å². The van der Waals surface area contributed by atoms with E-state index in [0.29, 0.717) is 16.9 Å². The van der Waals surface area contributed by atoms with Crippen LogP contribution in [0.1, 0.15) is 37.6 Å². The molecule has 2 aromatic rings. The molecule has 0 saturated carbocycles. The Kier molecular flexibility index (Phi) is 8.42. The average molecular weight is 526 g/mol. The van der Waals surface area contributed by atoms with Crippen LogP contribution in [0.2, 0.25) is 19.6 Å². The zero-order chi connectivity index (χ0) is 26.7. The number of carbonyl (C=O) groups excluding carboxylic acids is 1. The molecule has 0 radical (unpaired) electrons. The van der Waals surface area contributed by atoms with Crippen LogP contribution in [0, 0.1) is 5.92 Å². The van der Waals surface area contributed by atoms with Gasteiger partial charge in [-0.1, -0.05) is 56.3 Å². The van der Waals surface area contributed by atoms with Crippen molar-refractivity contribution in [3.8, 4) is 5.75 Å². The van der Waals surface area contributed by atoms with E-state index in [-0.39, 0.29) is 18.9 Å². The van der Waals surface area contributed by atoms with Crippen molar-refractivity contribution >= 4 is 14.4 Å². The number of hydrogen-bond donors (Lipinski definition) is 0. The smallest absolute Gasteiger partial charge is 0.444 e. The van der Waals surface area contributed by atoms with Crippen LogP contribution in [0.4, 0.5) is 18.0 Å². The lowest BCUT2D eigenvalue weighted by molar-refractivity contribution is -0.354. The van der Waals surface area contributed by atoms with Crippen LogP contribution >= 0.6 is 0 Å². The Morgan fingerprint density at radius 2 is 1.69 bits per heavy atom. The number of rotatable bonds is 8. The number of alkyl halides is 3. The number of ether oxygens (including phenoxy) is 3. The molecule has 3 rings (SSSR count). The van der Waals surface area contributed by atoms with Gasteiger partial charge in [-0.2, -0.15) is 13.2 Å². The van der Waals surface area contributed by atoms with Gasteiger partial charge in [-0.15, -0.1) is 0 Å². The van der Waals surface area contributed by atoms with Gasteiger partial charge in [-0.05, 0) is 49.7 Å². The predicted molar refractivity (Wildman–Crippen MR) is 132 cm³/mol. The summed E-state index contributed by atoms with van der Waals surface area (Å²) in [6.45, 7) is 8.49. The first-order valence-corrected chi connectivity index (χ1v) is 15.3. The Balaban J connectivity index is 2.10. The normalized spacial score (nSPS) is 22.7. The first-order chi connectivity index (χ1) is 16.8. The van der Waals surface area contributed by atoms with E-state index in [1.54, 1.807) is 82.0 Å². The van der Waals surface area contributed by atoms with Crippen molar-refractivity contribution in [2.24, 2.45) is 5.92 Å². The van der Waals surface area contributed by atoms with Gasteiger partial charge in [0, 0.05) is 5.56 Å². The molecule has 2 aromatic carbocycles. The van der Waals surface area contributed by atoms with Crippen molar-refractivity contribution < 1.29 is 36.6 Å². The van der Waals surface area contributed by atoms with Crippen LogP contribution in [0.5, 0.6) is 5.75 Å². The highest BCUT2D eigenvalue weighted by molar-refractivity contribution is 6.69. The quantitative estimate of drug-likeness (QED) is 0.352. The summed E-state index contributed by atoms with van der Waals surface area (Å²) in [4.78, 5) is 14.5. The SMILES string of the molecule is COc1ccc([C@@H]2O[C@@](O[Si](C)(C)C)(C(F)(F)F)[C@H](CC(C)C)N2C(=O)OCc2ccccc2)cc1. The molecule has 198 valence electrons. The molecule has 1 aliphatic rings. The Hall–Kier alpha value is -2.56. The summed E-state index contributed by atoms with van der Waals surface area (Å²) in [5.74, 6) is -2.67. The number of methoxy groups -OCH3 is 1. The molecule has 1 amide bonds. The van der Waals surface area contributed by atoms with Crippen molar-refractivity contribution in [3.63, 3.8) is 0 Å². The molecule has 0 spiro atoms. The summed E-state index contributed by atoms with van der Waals surface area (Å²) in [7, 11) is -1.33. The summed E-state index contributed by atoms with van der Waals surface area (Å²) in [5, 5.41) is 0. The lowest BCUT2D eigenvalue weighted by Gasteiger charge is -2.41. The Morgan fingerprint density at radius 1 is 1.08 bits per heavy atom. The van der Waals surface area contributed by atoms with E-state index >= 15 is 0 Å². The second-order valence-corrected chi connectivity index (χ2v) is 14.6. The van der Waals surface area contributed by atoms with E-state index in [1.807, 2.05) is 6.07 Å². The highest BCUT2D eigenvalue weighted by Crippen LogP contribution is 2.53. The fourth-order valence-corrected chi connectivity index (χ4v) is 5.45. The average Bonchev–Trinajstić information content (AvgIpc) is 3.11. The monoisotopic (exact) mass is 525 g/mol. The maximum Gasteiger partial charge on any atom is 0.444 e. The lowest BCUT2D eigenvalue weighted by atomic mass is 9.95. The second-order valence-electron chi connectivity index (χ2n) is 10.2. The molecule has 3 atom stereocenters. The minimum absolute atomic E-state index is 0.00290. The number of halogens is 3. The van der Waals surface area contributed by atoms with Gasteiger partial charge >= 0.3 is 12.3 Å². The van der Waals surface area contributed by atoms with E-state index in [2.05, 4.69) is 0 Å². The fraction of sp³-hybridized carbons (Fsp3) is 0.500. The number of carbonyl (C=O) groups is 1. The summed E-state index contributed by atoms with van der Waals surface area (Å²) in [6, 6.07) is 13.9. The van der Waals surface area contributed by atoms with Crippen molar-refractivity contribution in [2.75, 3.05) is 7.11 Å². The summed E-state index contributed by atoms with van der Waals surface area (Å²) >= 11 is 0. The second kappa shape index (κ2) is 10.8. The van der Waals surface area contributed by atoms with Crippen LogP contribution < -0.4 is 4.74 Å². The van der Waals surface area contributed by atoms with Crippen molar-refractivity contribution in [2.45, 2.75) is 70.7 Å². The van der Waals surface area contributed by atoms with E-state index in [0.717, 1.165) is 4.90 Å². The van der Waals surface area contributed by atoms with Gasteiger partial charge in [-0.25, -0.2) is 4.79 Å². The molecular formula is C26H34F3NO5Si. The number of nitrogens with zero attached hydrogens (tertiary/aromatic N) is 1. The maximum atomic E-state index is 14.9. The van der Waals surface area contributed by atoms with Gasteiger partial charge in [0.2, 0.25) is 0 Å². The molecule has 1 aliphatic heterocycles. The molecule has 1 saturated heterocycles. The molecule has 0 aromatic heterocycles. The number of benzene rings is 2. The standard InChI is InChI=1S/C26H34F3NO5Si/c1-18(2)16-22-25(26(27,28)29,35-36(4,5)6)34-23(20-12-14-21(32-3)15-13-20)30(22)24(31)33-17-19-10-8-7-9-11-19/h7-15,18,22-23H,16-17H2,1-6H3/t22-,23-,25-/m0/s1. The molecule has 0 unspecified atom stereocenters. The van der Waals surface area contributed by atoms with Gasteiger partial charge in [-0.3, -0.25) is 4.90 Å². The molecule has 1 fully saturated rings. The van der Waals surface area contributed by atoms with Crippen LogP contribution in [-0.4, -0.2) is 44.4 Å². The largest absolute Gasteiger partial charge is 0.497 e. The van der Waals surface area contributed by atoms with Crippen LogP contribution in [0.25, 0.3) is 0 Å². The van der Waals surface area contributed by atoms with Gasteiger partial charge in [0.25, 0.3) is 5.79 Å². The van der Waals surface area contributed by atoms with Gasteiger partial charge in [0.1, 0.15) is 18.4 Å². The van der Waals surface area contributed by atoms with Crippen LogP contribution in [-0.2, 0) is 20.5 Å². The zero-order valence-electron chi connectivity index (χ0n) is 21.5. The van der Waals surface area contributed by atoms with Gasteiger partial charge in [0.05, 0.1) is 7.11 Å². The van der Waals surface area contributed by atoms with E-state index in [9.17, 15) is 18.0 Å². The third-order valence-electron chi connectivity index (χ3n) is 5.68. The van der Waals surface area contributed by atoms with Crippen LogP contribution in [0.15, 0.2) is 54.6 Å². The maximum absolute atomic E-state index is 14.9. The highest BCUT2D eigenvalue weighted by Gasteiger charge is 2.71. The Bertz CT molecular complexity index is 1010. The lowest BCUT2D eigenvalue weighted by Crippen LogP contribution is -2.61. The summed E-state index contributed by atoms with van der Waals surface area (Å²) in [5.41, 5.74) is 1.07. The number of amides is 1. The van der Waals surface area contributed by atoms with Gasteiger partial charge < -0.3 is 18.6 Å². The predicted octanol–water partition coefficient (Wildman–Crippen LogP) is 6.89. The Morgan fingerprint density at radius 3 is 2.19 bits per heavy atom. The molecular weight excluding hydrogens is 491 g/mol. The summed E-state index contributed by atoms with van der Waals surface area (Å²) < 4.78 is 67.1. The third kappa shape index (κ3) is 6.22. The highest BCUT2D eigenvalue weighted by atomic mass is 28.4. The summed E-state index contributed by atoms with van der Waals surface area (Å²) in [6.07, 6.45) is -7.19. The molecule has 0 aliphatic carbocycles. The minimum atomic E-state index is -4.91. The third-order valence-corrected chi connectivity index (χ3v) is 6.59. The first kappa shape index (κ1) is 28.0. The van der Waals surface area contributed by atoms with Crippen molar-refractivity contribution in [1.82, 2.24) is 4.90 Å².